The van der Waals surface area contributed by atoms with E-state index in [1.54, 1.807) is 11.8 Å². The first-order valence-corrected chi connectivity index (χ1v) is 8.36. The van der Waals surface area contributed by atoms with Gasteiger partial charge in [0.25, 0.3) is 0 Å². The lowest BCUT2D eigenvalue weighted by Crippen LogP contribution is -2.47. The average Bonchev–Trinajstić information content (AvgIpc) is 2.79. The Hall–Kier alpha value is -0.560. The molecule has 1 N–H and O–H groups in total. The number of rotatable bonds is 7. The minimum atomic E-state index is -0.510. The average molecular weight is 315 g/mol. The number of hydrogen-bond donors (Lipinski definition) is 1. The molecule has 6 heteroatoms. The molecule has 2 unspecified atom stereocenters. The van der Waals surface area contributed by atoms with E-state index < -0.39 is 6.23 Å². The van der Waals surface area contributed by atoms with Crippen molar-refractivity contribution in [3.05, 3.63) is 12.2 Å². The predicted molar refractivity (Wildman–Crippen MR) is 90.1 cm³/mol. The Morgan fingerprint density at radius 2 is 2.14 bits per heavy atom. The molecule has 5 nitrogen and oxygen atoms in total. The molecule has 2 atom stereocenters. The number of oxime groups is 1. The molecule has 1 heterocycles. The van der Waals surface area contributed by atoms with E-state index in [4.69, 9.17) is 4.84 Å². The van der Waals surface area contributed by atoms with Gasteiger partial charge in [0.05, 0.1) is 0 Å². The van der Waals surface area contributed by atoms with Crippen molar-refractivity contribution in [2.45, 2.75) is 45.9 Å². The third-order valence-corrected chi connectivity index (χ3v) is 4.76. The first kappa shape index (κ1) is 18.5. The van der Waals surface area contributed by atoms with E-state index >= 15 is 0 Å². The molecule has 122 valence electrons. The van der Waals surface area contributed by atoms with Crippen LogP contribution in [0.25, 0.3) is 0 Å². The van der Waals surface area contributed by atoms with Gasteiger partial charge < -0.3 is 9.94 Å². The Morgan fingerprint density at radius 3 is 2.67 bits per heavy atom. The van der Waals surface area contributed by atoms with Gasteiger partial charge in [-0.05, 0) is 20.8 Å². The third-order valence-electron chi connectivity index (χ3n) is 3.52. The Bertz CT molecular complexity index is 385. The Labute approximate surface area is 133 Å². The van der Waals surface area contributed by atoms with Crippen LogP contribution in [0.2, 0.25) is 0 Å². The Kier molecular flexibility index (Phi) is 7.20. The van der Waals surface area contributed by atoms with Crippen LogP contribution < -0.4 is 0 Å². The number of hydrogen-bond acceptors (Lipinski definition) is 6. The first-order valence-electron chi connectivity index (χ1n) is 7.38. The summed E-state index contributed by atoms with van der Waals surface area (Å²) in [6, 6.07) is 0. The van der Waals surface area contributed by atoms with Crippen LogP contribution in [0.5, 0.6) is 0 Å². The smallest absolute Gasteiger partial charge is 0.138 e. The fourth-order valence-electron chi connectivity index (χ4n) is 1.95. The van der Waals surface area contributed by atoms with Crippen LogP contribution in [0.4, 0.5) is 0 Å². The van der Waals surface area contributed by atoms with Gasteiger partial charge in [-0.15, -0.1) is 11.8 Å². The number of allylic oxidation sites excluding steroid dienone is 1. The second-order valence-electron chi connectivity index (χ2n) is 6.20. The Balaban J connectivity index is 2.38. The zero-order valence-corrected chi connectivity index (χ0v) is 14.9. The second-order valence-corrected chi connectivity index (χ2v) is 7.29. The first-order chi connectivity index (χ1) is 9.76. The van der Waals surface area contributed by atoms with Crippen LogP contribution in [-0.2, 0) is 4.84 Å². The predicted octanol–water partition coefficient (Wildman–Crippen LogP) is 2.54. The summed E-state index contributed by atoms with van der Waals surface area (Å²) in [6.45, 7) is 8.91. The topological polar surface area (TPSA) is 48.3 Å². The van der Waals surface area contributed by atoms with Gasteiger partial charge in [-0.25, -0.2) is 10.0 Å². The fraction of sp³-hybridized carbons (Fsp3) is 0.800. The van der Waals surface area contributed by atoms with Crippen molar-refractivity contribution in [1.82, 2.24) is 10.0 Å². The molecule has 0 aromatic carbocycles. The minimum absolute atomic E-state index is 0.138. The van der Waals surface area contributed by atoms with E-state index in [0.29, 0.717) is 0 Å². The van der Waals surface area contributed by atoms with Gasteiger partial charge in [0.1, 0.15) is 16.9 Å². The maximum absolute atomic E-state index is 10.4. The molecule has 0 aliphatic carbocycles. The van der Waals surface area contributed by atoms with E-state index in [1.165, 1.54) is 0 Å². The molecule has 0 radical (unpaired) electrons. The lowest BCUT2D eigenvalue weighted by molar-refractivity contribution is -0.123. The summed E-state index contributed by atoms with van der Waals surface area (Å²) in [4.78, 5) is 5.35. The SMILES string of the molecule is C/C=C/CN(C)N(C)C(O)C(C)CSC1=NOC(C)(C)C1. The summed E-state index contributed by atoms with van der Waals surface area (Å²) >= 11 is 1.68. The van der Waals surface area contributed by atoms with E-state index in [9.17, 15) is 5.11 Å². The molecule has 0 aromatic heterocycles. The van der Waals surface area contributed by atoms with E-state index in [0.717, 1.165) is 23.8 Å². The number of aliphatic hydroxyl groups excluding tert-OH is 1. The quantitative estimate of drug-likeness (QED) is 0.444. The second kappa shape index (κ2) is 8.17. The van der Waals surface area contributed by atoms with Gasteiger partial charge in [0, 0.05) is 38.7 Å². The summed E-state index contributed by atoms with van der Waals surface area (Å²) < 4.78 is 0. The molecular formula is C15H29N3O2S. The van der Waals surface area contributed by atoms with Gasteiger partial charge in [0.2, 0.25) is 0 Å². The summed E-state index contributed by atoms with van der Waals surface area (Å²) in [6.07, 6.45) is 4.41. The van der Waals surface area contributed by atoms with Crippen molar-refractivity contribution in [3.8, 4) is 0 Å². The highest BCUT2D eigenvalue weighted by Gasteiger charge is 2.30. The molecular weight excluding hydrogens is 286 g/mol. The van der Waals surface area contributed by atoms with Crippen LogP contribution in [0.15, 0.2) is 17.3 Å². The molecule has 0 saturated heterocycles. The summed E-state index contributed by atoms with van der Waals surface area (Å²) in [7, 11) is 3.88. The number of likely N-dealkylation sites (N-methyl/N-ethyl adjacent to an activating group) is 1. The van der Waals surface area contributed by atoms with Gasteiger partial charge in [-0.2, -0.15) is 0 Å². The van der Waals surface area contributed by atoms with E-state index in [1.807, 2.05) is 51.0 Å². The maximum atomic E-state index is 10.4. The lowest BCUT2D eigenvalue weighted by Gasteiger charge is -2.34. The van der Waals surface area contributed by atoms with Crippen LogP contribution in [0.1, 0.15) is 34.1 Å². The molecule has 0 saturated carbocycles. The molecule has 0 spiro atoms. The van der Waals surface area contributed by atoms with Gasteiger partial charge in [-0.3, -0.25) is 0 Å². The molecule has 1 rings (SSSR count). The zero-order chi connectivity index (χ0) is 16.0. The fourth-order valence-corrected chi connectivity index (χ4v) is 3.12. The standard InChI is InChI=1S/C15H29N3O2S/c1-7-8-9-17(5)18(6)14(19)12(2)11-21-13-10-15(3,4)20-16-13/h7-8,12,14,19H,9-11H2,1-6H3/b8-7+. The zero-order valence-electron chi connectivity index (χ0n) is 14.0. The highest BCUT2D eigenvalue weighted by atomic mass is 32.2. The summed E-state index contributed by atoms with van der Waals surface area (Å²) in [5, 5.41) is 19.4. The van der Waals surface area contributed by atoms with Crippen molar-refractivity contribution in [2.24, 2.45) is 11.1 Å². The van der Waals surface area contributed by atoms with Crippen molar-refractivity contribution in [2.75, 3.05) is 26.4 Å². The van der Waals surface area contributed by atoms with Gasteiger partial charge in [-0.1, -0.05) is 24.2 Å². The van der Waals surface area contributed by atoms with Gasteiger partial charge in [0.15, 0.2) is 0 Å². The van der Waals surface area contributed by atoms with Crippen molar-refractivity contribution >= 4 is 16.8 Å². The van der Waals surface area contributed by atoms with Crippen molar-refractivity contribution in [3.63, 3.8) is 0 Å². The highest BCUT2D eigenvalue weighted by Crippen LogP contribution is 2.29. The highest BCUT2D eigenvalue weighted by molar-refractivity contribution is 8.13. The molecule has 0 bridgehead atoms. The van der Waals surface area contributed by atoms with Crippen molar-refractivity contribution < 1.29 is 9.94 Å². The molecule has 21 heavy (non-hydrogen) atoms. The van der Waals surface area contributed by atoms with E-state index in [-0.39, 0.29) is 11.5 Å². The van der Waals surface area contributed by atoms with Crippen LogP contribution >= 0.6 is 11.8 Å². The maximum Gasteiger partial charge on any atom is 0.138 e. The van der Waals surface area contributed by atoms with Crippen LogP contribution in [0, 0.1) is 5.92 Å². The monoisotopic (exact) mass is 315 g/mol. The molecule has 0 amide bonds. The van der Waals surface area contributed by atoms with Crippen molar-refractivity contribution in [1.29, 1.82) is 0 Å². The molecule has 0 aromatic rings. The lowest BCUT2D eigenvalue weighted by atomic mass is 10.1. The Morgan fingerprint density at radius 1 is 1.48 bits per heavy atom. The number of thioether (sulfide) groups is 1. The summed E-state index contributed by atoms with van der Waals surface area (Å²) in [5.74, 6) is 0.959. The largest absolute Gasteiger partial charge is 0.389 e. The number of hydrazine groups is 1. The minimum Gasteiger partial charge on any atom is -0.389 e. The van der Waals surface area contributed by atoms with E-state index in [2.05, 4.69) is 18.2 Å². The van der Waals surface area contributed by atoms with Gasteiger partial charge >= 0.3 is 0 Å². The number of nitrogens with zero attached hydrogens (tertiary/aromatic N) is 3. The molecule has 1 aliphatic rings. The van der Waals surface area contributed by atoms with Crippen LogP contribution in [-0.4, -0.2) is 58.4 Å². The van der Waals surface area contributed by atoms with Crippen LogP contribution in [0.3, 0.4) is 0 Å². The number of aliphatic hydroxyl groups is 1. The third kappa shape index (κ3) is 5.98. The normalized spacial score (nSPS) is 20.9. The molecule has 0 fully saturated rings. The molecule has 1 aliphatic heterocycles. The summed E-state index contributed by atoms with van der Waals surface area (Å²) in [5.41, 5.74) is -0.187.